The molecule has 2 heterocycles. The Hall–Kier alpha value is -3.05. The molecular weight excluding hydrogens is 362 g/mol. The molecule has 0 bridgehead atoms. The Morgan fingerprint density at radius 3 is 1.79 bits per heavy atom. The van der Waals surface area contributed by atoms with Crippen LogP contribution in [0.2, 0.25) is 0 Å². The highest BCUT2D eigenvalue weighted by Crippen LogP contribution is 2.34. The van der Waals surface area contributed by atoms with E-state index in [0.29, 0.717) is 0 Å². The van der Waals surface area contributed by atoms with E-state index in [4.69, 9.17) is 14.5 Å². The third-order valence-corrected chi connectivity index (χ3v) is 5.47. The molecule has 1 aromatic heterocycles. The molecule has 4 rings (SSSR count). The van der Waals surface area contributed by atoms with Gasteiger partial charge in [-0.15, -0.1) is 0 Å². The second-order valence-electron chi connectivity index (χ2n) is 7.31. The number of nitrogens with zero attached hydrogens (tertiary/aromatic N) is 3. The van der Waals surface area contributed by atoms with Crippen molar-refractivity contribution in [1.29, 1.82) is 0 Å². The van der Waals surface area contributed by atoms with Crippen molar-refractivity contribution in [2.45, 2.75) is 0 Å². The first-order chi connectivity index (χ1) is 14.2. The fraction of sp³-hybridized carbons (Fsp3) is 0.292. The molecule has 0 saturated carbocycles. The first-order valence-electron chi connectivity index (χ1n) is 9.91. The molecule has 0 N–H and O–H groups in total. The highest BCUT2D eigenvalue weighted by atomic mass is 16.5. The van der Waals surface area contributed by atoms with Gasteiger partial charge in [0, 0.05) is 37.3 Å². The van der Waals surface area contributed by atoms with Gasteiger partial charge < -0.3 is 19.3 Å². The molecule has 0 radical (unpaired) electrons. The second kappa shape index (κ2) is 8.53. The number of rotatable bonds is 5. The normalized spacial score (nSPS) is 14.7. The van der Waals surface area contributed by atoms with Crippen molar-refractivity contribution < 1.29 is 9.47 Å². The molecular formula is C24H27N3O2. The van der Waals surface area contributed by atoms with Crippen molar-refractivity contribution in [3.05, 3.63) is 60.7 Å². The summed E-state index contributed by atoms with van der Waals surface area (Å²) in [5, 5.41) is 0. The summed E-state index contributed by atoms with van der Waals surface area (Å²) in [4.78, 5) is 9.82. The minimum absolute atomic E-state index is 0.843. The predicted molar refractivity (Wildman–Crippen MR) is 118 cm³/mol. The van der Waals surface area contributed by atoms with Crippen molar-refractivity contribution in [3.63, 3.8) is 0 Å². The van der Waals surface area contributed by atoms with Gasteiger partial charge in [0.1, 0.15) is 17.3 Å². The van der Waals surface area contributed by atoms with Crippen LogP contribution in [-0.2, 0) is 0 Å². The number of piperazine rings is 1. The van der Waals surface area contributed by atoms with E-state index in [9.17, 15) is 0 Å². The van der Waals surface area contributed by atoms with Crippen LogP contribution in [0.1, 0.15) is 0 Å². The lowest BCUT2D eigenvalue weighted by molar-refractivity contribution is 0.312. The second-order valence-corrected chi connectivity index (χ2v) is 7.31. The van der Waals surface area contributed by atoms with E-state index in [2.05, 4.69) is 53.2 Å². The molecule has 0 spiro atoms. The number of ether oxygens (including phenoxy) is 2. The average molecular weight is 389 g/mol. The zero-order chi connectivity index (χ0) is 20.2. The molecule has 0 aliphatic carbocycles. The first-order valence-corrected chi connectivity index (χ1v) is 9.91. The lowest BCUT2D eigenvalue weighted by Crippen LogP contribution is -2.44. The van der Waals surface area contributed by atoms with Crippen molar-refractivity contribution in [3.8, 4) is 33.9 Å². The third kappa shape index (κ3) is 4.20. The van der Waals surface area contributed by atoms with Gasteiger partial charge in [-0.25, -0.2) is 4.98 Å². The standard InChI is InChI=1S/C24H27N3O2/c1-26-14-16-27(17-15-26)23-13-12-22(18-4-8-20(28-2)9-5-18)24(25-23)19-6-10-21(29-3)11-7-19/h4-13H,14-17H2,1-3H3. The first kappa shape index (κ1) is 19.3. The van der Waals surface area contributed by atoms with E-state index < -0.39 is 0 Å². The Morgan fingerprint density at radius 2 is 1.24 bits per heavy atom. The van der Waals surface area contributed by atoms with Crippen LogP contribution in [0.4, 0.5) is 5.82 Å². The number of aromatic nitrogens is 1. The molecule has 0 unspecified atom stereocenters. The molecule has 0 atom stereocenters. The van der Waals surface area contributed by atoms with Crippen LogP contribution in [0.3, 0.4) is 0 Å². The lowest BCUT2D eigenvalue weighted by Gasteiger charge is -2.33. The molecule has 2 aromatic carbocycles. The predicted octanol–water partition coefficient (Wildman–Crippen LogP) is 4.18. The maximum Gasteiger partial charge on any atom is 0.129 e. The van der Waals surface area contributed by atoms with Gasteiger partial charge >= 0.3 is 0 Å². The average Bonchev–Trinajstić information content (AvgIpc) is 2.79. The van der Waals surface area contributed by atoms with Crippen LogP contribution >= 0.6 is 0 Å². The van der Waals surface area contributed by atoms with Gasteiger partial charge in [0.25, 0.3) is 0 Å². The zero-order valence-electron chi connectivity index (χ0n) is 17.3. The number of likely N-dealkylation sites (N-methyl/N-ethyl adjacent to an activating group) is 1. The Labute approximate surface area is 172 Å². The van der Waals surface area contributed by atoms with Gasteiger partial charge in [0.05, 0.1) is 19.9 Å². The Balaban J connectivity index is 1.76. The molecule has 150 valence electrons. The van der Waals surface area contributed by atoms with E-state index in [0.717, 1.165) is 65.9 Å². The van der Waals surface area contributed by atoms with Gasteiger partial charge in [-0.1, -0.05) is 12.1 Å². The molecule has 0 amide bonds. The summed E-state index contributed by atoms with van der Waals surface area (Å²) < 4.78 is 10.6. The summed E-state index contributed by atoms with van der Waals surface area (Å²) in [6.45, 7) is 4.10. The molecule has 1 fully saturated rings. The minimum atomic E-state index is 0.843. The lowest BCUT2D eigenvalue weighted by atomic mass is 9.99. The van der Waals surface area contributed by atoms with Gasteiger partial charge in [-0.2, -0.15) is 0 Å². The summed E-state index contributed by atoms with van der Waals surface area (Å²) >= 11 is 0. The van der Waals surface area contributed by atoms with Crippen molar-refractivity contribution in [2.24, 2.45) is 0 Å². The summed E-state index contributed by atoms with van der Waals surface area (Å²) in [5.74, 6) is 2.72. The number of hydrogen-bond donors (Lipinski definition) is 0. The number of hydrogen-bond acceptors (Lipinski definition) is 5. The van der Waals surface area contributed by atoms with Crippen LogP contribution < -0.4 is 14.4 Å². The van der Waals surface area contributed by atoms with Crippen LogP contribution in [0.15, 0.2) is 60.7 Å². The molecule has 5 heteroatoms. The Bertz CT molecular complexity index is 947. The quantitative estimate of drug-likeness (QED) is 0.654. The minimum Gasteiger partial charge on any atom is -0.497 e. The molecule has 3 aromatic rings. The van der Waals surface area contributed by atoms with E-state index in [1.165, 1.54) is 0 Å². The van der Waals surface area contributed by atoms with Crippen molar-refractivity contribution in [1.82, 2.24) is 9.88 Å². The highest BCUT2D eigenvalue weighted by molar-refractivity contribution is 5.82. The maximum absolute atomic E-state index is 5.33. The number of benzene rings is 2. The fourth-order valence-corrected chi connectivity index (χ4v) is 3.63. The number of anilines is 1. The summed E-state index contributed by atoms with van der Waals surface area (Å²) in [5.41, 5.74) is 4.28. The number of pyridine rings is 1. The van der Waals surface area contributed by atoms with Crippen LogP contribution in [0.25, 0.3) is 22.4 Å². The molecule has 5 nitrogen and oxygen atoms in total. The molecule has 1 aliphatic rings. The van der Waals surface area contributed by atoms with Crippen molar-refractivity contribution >= 4 is 5.82 Å². The van der Waals surface area contributed by atoms with E-state index in [1.54, 1.807) is 14.2 Å². The monoisotopic (exact) mass is 389 g/mol. The van der Waals surface area contributed by atoms with Crippen LogP contribution in [-0.4, -0.2) is 57.3 Å². The van der Waals surface area contributed by atoms with E-state index >= 15 is 0 Å². The van der Waals surface area contributed by atoms with Gasteiger partial charge in [0.15, 0.2) is 0 Å². The van der Waals surface area contributed by atoms with E-state index in [1.807, 2.05) is 24.3 Å². The summed E-state index contributed by atoms with van der Waals surface area (Å²) in [6, 6.07) is 20.6. The SMILES string of the molecule is COc1ccc(-c2ccc(N3CCN(C)CC3)nc2-c2ccc(OC)cc2)cc1. The topological polar surface area (TPSA) is 37.8 Å². The maximum atomic E-state index is 5.33. The Kier molecular flexibility index (Phi) is 5.67. The van der Waals surface area contributed by atoms with Gasteiger partial charge in [-0.3, -0.25) is 0 Å². The van der Waals surface area contributed by atoms with Gasteiger partial charge in [0.2, 0.25) is 0 Å². The Morgan fingerprint density at radius 1 is 0.690 bits per heavy atom. The van der Waals surface area contributed by atoms with Gasteiger partial charge in [-0.05, 0) is 61.1 Å². The number of methoxy groups -OCH3 is 2. The smallest absolute Gasteiger partial charge is 0.129 e. The van der Waals surface area contributed by atoms with E-state index in [-0.39, 0.29) is 0 Å². The van der Waals surface area contributed by atoms with Crippen LogP contribution in [0.5, 0.6) is 11.5 Å². The molecule has 1 saturated heterocycles. The largest absolute Gasteiger partial charge is 0.497 e. The molecule has 1 aliphatic heterocycles. The summed E-state index contributed by atoms with van der Waals surface area (Å²) in [7, 11) is 5.54. The van der Waals surface area contributed by atoms with Crippen LogP contribution in [0, 0.1) is 0 Å². The summed E-state index contributed by atoms with van der Waals surface area (Å²) in [6.07, 6.45) is 0. The highest BCUT2D eigenvalue weighted by Gasteiger charge is 2.18. The zero-order valence-corrected chi connectivity index (χ0v) is 17.3. The molecule has 29 heavy (non-hydrogen) atoms. The van der Waals surface area contributed by atoms with Crippen molar-refractivity contribution in [2.75, 3.05) is 52.3 Å². The fourth-order valence-electron chi connectivity index (χ4n) is 3.63. The third-order valence-electron chi connectivity index (χ3n) is 5.47.